The van der Waals surface area contributed by atoms with Crippen LogP contribution in [0.5, 0.6) is 0 Å². The minimum absolute atomic E-state index is 0.352. The maximum absolute atomic E-state index is 10.9. The van der Waals surface area contributed by atoms with Crippen molar-refractivity contribution >= 4 is 12.0 Å². The van der Waals surface area contributed by atoms with Gasteiger partial charge in [0, 0.05) is 24.8 Å². The Morgan fingerprint density at radius 1 is 1.33 bits per heavy atom. The lowest BCUT2D eigenvalue weighted by Crippen LogP contribution is -2.37. The van der Waals surface area contributed by atoms with E-state index < -0.39 is 6.09 Å². The zero-order valence-corrected chi connectivity index (χ0v) is 9.87. The molecule has 7 nitrogen and oxygen atoms in total. The monoisotopic (exact) mass is 250 g/mol. The zero-order chi connectivity index (χ0) is 12.5. The molecule has 0 radical (unpaired) electrons. The molecule has 1 amide bonds. The number of anilines is 1. The van der Waals surface area contributed by atoms with Crippen LogP contribution >= 0.6 is 0 Å². The van der Waals surface area contributed by atoms with E-state index in [1.54, 1.807) is 6.20 Å². The maximum atomic E-state index is 10.9. The van der Waals surface area contributed by atoms with Crippen molar-refractivity contribution in [1.82, 2.24) is 14.9 Å². The summed E-state index contributed by atoms with van der Waals surface area (Å²) in [7, 11) is 0. The molecule has 3 rings (SSSR count). The third kappa shape index (κ3) is 1.97. The SMILES string of the molecule is O=C(O)N1Cc2cnc(N3CCOCC3)nc2C1. The van der Waals surface area contributed by atoms with Crippen LogP contribution in [0.25, 0.3) is 0 Å². The molecule has 2 aliphatic heterocycles. The Bertz CT molecular complexity index is 473. The molecular weight excluding hydrogens is 236 g/mol. The van der Waals surface area contributed by atoms with Gasteiger partial charge >= 0.3 is 6.09 Å². The van der Waals surface area contributed by atoms with E-state index in [0.717, 1.165) is 24.3 Å². The van der Waals surface area contributed by atoms with Gasteiger partial charge in [-0.05, 0) is 0 Å². The molecule has 3 heterocycles. The van der Waals surface area contributed by atoms with E-state index in [1.807, 2.05) is 0 Å². The molecule has 0 bridgehead atoms. The standard InChI is InChI=1S/C11H14N4O3/c16-11(17)15-6-8-5-12-10(13-9(8)7-15)14-1-3-18-4-2-14/h5H,1-4,6-7H2,(H,16,17). The first kappa shape index (κ1) is 11.2. The summed E-state index contributed by atoms with van der Waals surface area (Å²) in [6, 6.07) is 0. The van der Waals surface area contributed by atoms with E-state index in [1.165, 1.54) is 4.90 Å². The van der Waals surface area contributed by atoms with Gasteiger partial charge in [-0.2, -0.15) is 0 Å². The second-order valence-electron chi connectivity index (χ2n) is 4.38. The second-order valence-corrected chi connectivity index (χ2v) is 4.38. The lowest BCUT2D eigenvalue weighted by molar-refractivity contribution is 0.122. The Kier molecular flexibility index (Phi) is 2.75. The largest absolute Gasteiger partial charge is 0.465 e. The number of carbonyl (C=O) groups is 1. The van der Waals surface area contributed by atoms with Gasteiger partial charge in [0.2, 0.25) is 5.95 Å². The van der Waals surface area contributed by atoms with Gasteiger partial charge in [0.25, 0.3) is 0 Å². The van der Waals surface area contributed by atoms with Crippen molar-refractivity contribution in [3.8, 4) is 0 Å². The van der Waals surface area contributed by atoms with E-state index in [-0.39, 0.29) is 0 Å². The molecule has 1 saturated heterocycles. The molecule has 1 aromatic heterocycles. The van der Waals surface area contributed by atoms with Crippen LogP contribution in [-0.4, -0.2) is 52.4 Å². The van der Waals surface area contributed by atoms with Gasteiger partial charge in [-0.3, -0.25) is 4.90 Å². The quantitative estimate of drug-likeness (QED) is 0.772. The molecule has 1 fully saturated rings. The van der Waals surface area contributed by atoms with Gasteiger partial charge in [0.15, 0.2) is 0 Å². The summed E-state index contributed by atoms with van der Waals surface area (Å²) in [6.45, 7) is 3.66. The number of morpholine rings is 1. The first-order valence-electron chi connectivity index (χ1n) is 5.89. The highest BCUT2D eigenvalue weighted by Crippen LogP contribution is 2.22. The second kappa shape index (κ2) is 4.41. The van der Waals surface area contributed by atoms with Crippen molar-refractivity contribution in [2.24, 2.45) is 0 Å². The Labute approximate surface area is 104 Å². The van der Waals surface area contributed by atoms with Crippen LogP contribution in [0.3, 0.4) is 0 Å². The number of hydrogen-bond donors (Lipinski definition) is 1. The molecule has 96 valence electrons. The number of rotatable bonds is 1. The Balaban J connectivity index is 1.80. The molecule has 0 saturated carbocycles. The molecule has 7 heteroatoms. The van der Waals surface area contributed by atoms with E-state index >= 15 is 0 Å². The lowest BCUT2D eigenvalue weighted by atomic mass is 10.3. The normalized spacial score (nSPS) is 18.9. The predicted octanol–water partition coefficient (Wildman–Crippen LogP) is 0.307. The van der Waals surface area contributed by atoms with Gasteiger partial charge in [0.05, 0.1) is 32.0 Å². The third-order valence-electron chi connectivity index (χ3n) is 3.21. The summed E-state index contributed by atoms with van der Waals surface area (Å²) in [5, 5.41) is 8.95. The molecule has 0 aromatic carbocycles. The van der Waals surface area contributed by atoms with E-state index in [4.69, 9.17) is 9.84 Å². The molecule has 2 aliphatic rings. The molecule has 1 aromatic rings. The Hall–Kier alpha value is -1.89. The summed E-state index contributed by atoms with van der Waals surface area (Å²) in [6.07, 6.45) is 0.816. The summed E-state index contributed by atoms with van der Waals surface area (Å²) in [4.78, 5) is 23.1. The highest BCUT2D eigenvalue weighted by molar-refractivity contribution is 5.66. The first-order valence-corrected chi connectivity index (χ1v) is 5.89. The van der Waals surface area contributed by atoms with Crippen LogP contribution < -0.4 is 4.90 Å². The first-order chi connectivity index (χ1) is 8.74. The van der Waals surface area contributed by atoms with Gasteiger partial charge in [-0.1, -0.05) is 0 Å². The van der Waals surface area contributed by atoms with Crippen molar-refractivity contribution < 1.29 is 14.6 Å². The van der Waals surface area contributed by atoms with Crippen LogP contribution in [-0.2, 0) is 17.8 Å². The number of aromatic nitrogens is 2. The zero-order valence-electron chi connectivity index (χ0n) is 9.87. The smallest absolute Gasteiger partial charge is 0.407 e. The predicted molar refractivity (Wildman–Crippen MR) is 62.3 cm³/mol. The van der Waals surface area contributed by atoms with Crippen LogP contribution in [0.2, 0.25) is 0 Å². The minimum Gasteiger partial charge on any atom is -0.465 e. The number of carboxylic acid groups (broad SMARTS) is 1. The van der Waals surface area contributed by atoms with Crippen LogP contribution in [0, 0.1) is 0 Å². The molecule has 0 spiro atoms. The van der Waals surface area contributed by atoms with Crippen LogP contribution in [0.15, 0.2) is 6.20 Å². The number of hydrogen-bond acceptors (Lipinski definition) is 5. The highest BCUT2D eigenvalue weighted by Gasteiger charge is 2.25. The number of amides is 1. The fourth-order valence-corrected chi connectivity index (χ4v) is 2.19. The lowest BCUT2D eigenvalue weighted by Gasteiger charge is -2.26. The molecule has 0 aliphatic carbocycles. The van der Waals surface area contributed by atoms with Gasteiger partial charge in [0.1, 0.15) is 0 Å². The minimum atomic E-state index is -0.916. The average molecular weight is 250 g/mol. The van der Waals surface area contributed by atoms with Gasteiger partial charge in [-0.15, -0.1) is 0 Å². The summed E-state index contributed by atoms with van der Waals surface area (Å²) >= 11 is 0. The Morgan fingerprint density at radius 3 is 2.83 bits per heavy atom. The number of ether oxygens (including phenoxy) is 1. The Morgan fingerprint density at radius 2 is 2.11 bits per heavy atom. The molecule has 18 heavy (non-hydrogen) atoms. The summed E-state index contributed by atoms with van der Waals surface area (Å²) in [5.74, 6) is 0.671. The fraction of sp³-hybridized carbons (Fsp3) is 0.545. The number of fused-ring (bicyclic) bond motifs is 1. The fourth-order valence-electron chi connectivity index (χ4n) is 2.19. The maximum Gasteiger partial charge on any atom is 0.407 e. The van der Waals surface area contributed by atoms with E-state index in [0.29, 0.717) is 32.3 Å². The van der Waals surface area contributed by atoms with Gasteiger partial charge < -0.3 is 14.7 Å². The van der Waals surface area contributed by atoms with Crippen molar-refractivity contribution in [2.75, 3.05) is 31.2 Å². The topological polar surface area (TPSA) is 78.8 Å². The molecular formula is C11H14N4O3. The third-order valence-corrected chi connectivity index (χ3v) is 3.21. The summed E-state index contributed by atoms with van der Waals surface area (Å²) in [5.41, 5.74) is 1.71. The average Bonchev–Trinajstić information content (AvgIpc) is 2.82. The highest BCUT2D eigenvalue weighted by atomic mass is 16.5. The van der Waals surface area contributed by atoms with E-state index in [9.17, 15) is 4.79 Å². The molecule has 1 N–H and O–H groups in total. The summed E-state index contributed by atoms with van der Waals surface area (Å²) < 4.78 is 5.28. The van der Waals surface area contributed by atoms with Crippen molar-refractivity contribution in [3.05, 3.63) is 17.5 Å². The van der Waals surface area contributed by atoms with Crippen molar-refractivity contribution in [3.63, 3.8) is 0 Å². The van der Waals surface area contributed by atoms with Crippen LogP contribution in [0.4, 0.5) is 10.7 Å². The van der Waals surface area contributed by atoms with Gasteiger partial charge in [-0.25, -0.2) is 14.8 Å². The molecule has 0 unspecified atom stereocenters. The number of nitrogens with zero attached hydrogens (tertiary/aromatic N) is 4. The van der Waals surface area contributed by atoms with Crippen molar-refractivity contribution in [1.29, 1.82) is 0 Å². The van der Waals surface area contributed by atoms with E-state index in [2.05, 4.69) is 14.9 Å². The van der Waals surface area contributed by atoms with Crippen molar-refractivity contribution in [2.45, 2.75) is 13.1 Å². The molecule has 0 atom stereocenters. The van der Waals surface area contributed by atoms with Crippen LogP contribution in [0.1, 0.15) is 11.3 Å².